The molecule has 0 unspecified atom stereocenters. The molecule has 132 valence electrons. The number of nitrogens with one attached hydrogen (secondary N) is 1. The molecule has 0 saturated carbocycles. The second-order valence-electron chi connectivity index (χ2n) is 6.12. The van der Waals surface area contributed by atoms with Crippen LogP contribution in [0.1, 0.15) is 35.3 Å². The van der Waals surface area contributed by atoms with E-state index in [2.05, 4.69) is 16.4 Å². The van der Waals surface area contributed by atoms with Gasteiger partial charge in [-0.25, -0.2) is 4.98 Å². The summed E-state index contributed by atoms with van der Waals surface area (Å²) in [4.78, 5) is 17.9. The molecule has 1 aromatic carbocycles. The average Bonchev–Trinajstić information content (AvgIpc) is 3.21. The number of thioether (sulfide) groups is 1. The molecule has 0 saturated heterocycles. The molecule has 1 N–H and O–H groups in total. The molecule has 0 spiro atoms. The van der Waals surface area contributed by atoms with E-state index in [9.17, 15) is 10.1 Å². The molecule has 4 rings (SSSR count). The molecule has 3 aromatic rings. The van der Waals surface area contributed by atoms with Crippen LogP contribution in [0.5, 0.6) is 0 Å². The largest absolute Gasteiger partial charge is 0.431 e. The number of para-hydroxylation sites is 2. The molecule has 1 aliphatic carbocycles. The number of carbonyl (C=O) groups is 1. The van der Waals surface area contributed by atoms with Crippen LogP contribution in [0.4, 0.5) is 5.00 Å². The van der Waals surface area contributed by atoms with Gasteiger partial charge in [0, 0.05) is 17.1 Å². The fourth-order valence-corrected chi connectivity index (χ4v) is 5.13. The van der Waals surface area contributed by atoms with Crippen molar-refractivity contribution in [2.24, 2.45) is 0 Å². The number of carbonyl (C=O) groups excluding carboxylic acids is 1. The van der Waals surface area contributed by atoms with Crippen molar-refractivity contribution in [2.45, 2.75) is 37.3 Å². The van der Waals surface area contributed by atoms with Crippen molar-refractivity contribution in [1.82, 2.24) is 4.98 Å². The Morgan fingerprint density at radius 1 is 1.35 bits per heavy atom. The Hall–Kier alpha value is -2.30. The van der Waals surface area contributed by atoms with E-state index in [1.54, 1.807) is 11.3 Å². The SMILES string of the molecule is N#Cc1c(NC(=O)CCSc2nc3ccccc3o2)sc2c1CCCC2. The number of anilines is 1. The van der Waals surface area contributed by atoms with E-state index in [0.29, 0.717) is 28.0 Å². The van der Waals surface area contributed by atoms with Gasteiger partial charge in [-0.1, -0.05) is 23.9 Å². The fraction of sp³-hybridized carbons (Fsp3) is 0.316. The Bertz CT molecular complexity index is 967. The first kappa shape index (κ1) is 17.1. The van der Waals surface area contributed by atoms with Gasteiger partial charge in [0.2, 0.25) is 5.91 Å². The normalized spacial score (nSPS) is 13.3. The van der Waals surface area contributed by atoms with Crippen molar-refractivity contribution in [1.29, 1.82) is 5.26 Å². The van der Waals surface area contributed by atoms with Crippen LogP contribution in [0.15, 0.2) is 33.9 Å². The number of hydrogen-bond acceptors (Lipinski definition) is 6. The van der Waals surface area contributed by atoms with Crippen LogP contribution in [-0.4, -0.2) is 16.6 Å². The van der Waals surface area contributed by atoms with Crippen LogP contribution in [0.2, 0.25) is 0 Å². The summed E-state index contributed by atoms with van der Waals surface area (Å²) in [6.07, 6.45) is 4.58. The fourth-order valence-electron chi connectivity index (χ4n) is 3.11. The Morgan fingerprint density at radius 2 is 2.19 bits per heavy atom. The van der Waals surface area contributed by atoms with Gasteiger partial charge in [-0.05, 0) is 43.4 Å². The highest BCUT2D eigenvalue weighted by atomic mass is 32.2. The standard InChI is InChI=1S/C19H17N3O2S2/c20-11-13-12-5-1-4-8-16(12)26-18(13)22-17(23)9-10-25-19-21-14-6-2-3-7-15(14)24-19/h2-3,6-7H,1,4-5,8-10H2,(H,22,23). The van der Waals surface area contributed by atoms with Crippen molar-refractivity contribution >= 4 is 45.1 Å². The van der Waals surface area contributed by atoms with Crippen LogP contribution in [0, 0.1) is 11.3 Å². The van der Waals surface area contributed by atoms with Gasteiger partial charge in [0.1, 0.15) is 16.6 Å². The van der Waals surface area contributed by atoms with Gasteiger partial charge in [-0.2, -0.15) is 5.26 Å². The third-order valence-corrected chi connectivity index (χ3v) is 6.40. The van der Waals surface area contributed by atoms with Crippen molar-refractivity contribution < 1.29 is 9.21 Å². The first-order chi connectivity index (χ1) is 12.7. The maximum Gasteiger partial charge on any atom is 0.256 e. The Morgan fingerprint density at radius 3 is 3.04 bits per heavy atom. The second-order valence-corrected chi connectivity index (χ2v) is 8.27. The molecule has 0 bridgehead atoms. The zero-order chi connectivity index (χ0) is 17.9. The number of rotatable bonds is 5. The minimum atomic E-state index is -0.0799. The lowest BCUT2D eigenvalue weighted by atomic mass is 9.96. The van der Waals surface area contributed by atoms with E-state index >= 15 is 0 Å². The van der Waals surface area contributed by atoms with E-state index in [0.717, 1.165) is 42.3 Å². The highest BCUT2D eigenvalue weighted by molar-refractivity contribution is 7.99. The van der Waals surface area contributed by atoms with Crippen LogP contribution in [0.25, 0.3) is 11.1 Å². The number of hydrogen-bond donors (Lipinski definition) is 1. The highest BCUT2D eigenvalue weighted by Gasteiger charge is 2.21. The molecule has 0 aliphatic heterocycles. The summed E-state index contributed by atoms with van der Waals surface area (Å²) in [5, 5.41) is 13.7. The maximum absolute atomic E-state index is 12.3. The Kier molecular flexibility index (Phi) is 4.96. The molecule has 2 aromatic heterocycles. The predicted molar refractivity (Wildman–Crippen MR) is 104 cm³/mol. The van der Waals surface area contributed by atoms with Gasteiger partial charge in [0.15, 0.2) is 5.58 Å². The molecule has 0 fully saturated rings. The van der Waals surface area contributed by atoms with E-state index in [4.69, 9.17) is 4.42 Å². The molecule has 5 nitrogen and oxygen atoms in total. The van der Waals surface area contributed by atoms with Gasteiger partial charge >= 0.3 is 0 Å². The van der Waals surface area contributed by atoms with Gasteiger partial charge in [0.25, 0.3) is 5.22 Å². The van der Waals surface area contributed by atoms with Crippen LogP contribution < -0.4 is 5.32 Å². The zero-order valence-corrected chi connectivity index (χ0v) is 15.7. The summed E-state index contributed by atoms with van der Waals surface area (Å²) in [7, 11) is 0. The topological polar surface area (TPSA) is 78.9 Å². The molecular formula is C19H17N3O2S2. The molecule has 0 atom stereocenters. The van der Waals surface area contributed by atoms with Crippen LogP contribution in [-0.2, 0) is 17.6 Å². The lowest BCUT2D eigenvalue weighted by molar-refractivity contribution is -0.115. The summed E-state index contributed by atoms with van der Waals surface area (Å²) >= 11 is 2.98. The smallest absolute Gasteiger partial charge is 0.256 e. The average molecular weight is 383 g/mol. The monoisotopic (exact) mass is 383 g/mol. The summed E-state index contributed by atoms with van der Waals surface area (Å²) in [6, 6.07) is 9.87. The van der Waals surface area contributed by atoms with Crippen molar-refractivity contribution in [3.8, 4) is 6.07 Å². The third-order valence-electron chi connectivity index (χ3n) is 4.36. The molecule has 0 radical (unpaired) electrons. The summed E-state index contributed by atoms with van der Waals surface area (Å²) in [6.45, 7) is 0. The van der Waals surface area contributed by atoms with Gasteiger partial charge in [0.05, 0.1) is 5.56 Å². The lowest BCUT2D eigenvalue weighted by Crippen LogP contribution is -2.12. The van der Waals surface area contributed by atoms with E-state index in [1.807, 2.05) is 24.3 Å². The Labute approximate surface area is 159 Å². The van der Waals surface area contributed by atoms with Gasteiger partial charge in [-0.3, -0.25) is 4.79 Å². The molecule has 1 aliphatic rings. The van der Waals surface area contributed by atoms with Crippen LogP contribution >= 0.6 is 23.1 Å². The first-order valence-electron chi connectivity index (χ1n) is 8.57. The van der Waals surface area contributed by atoms with Crippen LogP contribution in [0.3, 0.4) is 0 Å². The number of thiophene rings is 1. The van der Waals surface area contributed by atoms with E-state index in [1.165, 1.54) is 16.6 Å². The molecule has 1 amide bonds. The lowest BCUT2D eigenvalue weighted by Gasteiger charge is -2.09. The predicted octanol–water partition coefficient (Wildman–Crippen LogP) is 4.76. The number of aryl methyl sites for hydroxylation is 1. The molecule has 7 heteroatoms. The van der Waals surface area contributed by atoms with Crippen molar-refractivity contribution in [3.05, 3.63) is 40.3 Å². The number of fused-ring (bicyclic) bond motifs is 2. The number of oxazole rings is 1. The third kappa shape index (κ3) is 3.48. The first-order valence-corrected chi connectivity index (χ1v) is 10.4. The Balaban J connectivity index is 1.36. The minimum Gasteiger partial charge on any atom is -0.431 e. The second kappa shape index (κ2) is 7.52. The number of nitriles is 1. The highest BCUT2D eigenvalue weighted by Crippen LogP contribution is 2.37. The molecule has 2 heterocycles. The zero-order valence-electron chi connectivity index (χ0n) is 14.1. The number of benzene rings is 1. The minimum absolute atomic E-state index is 0.0799. The number of amides is 1. The molecule has 26 heavy (non-hydrogen) atoms. The molecular weight excluding hydrogens is 366 g/mol. The number of nitrogens with zero attached hydrogens (tertiary/aromatic N) is 2. The number of aromatic nitrogens is 1. The van der Waals surface area contributed by atoms with Crippen molar-refractivity contribution in [2.75, 3.05) is 11.1 Å². The van der Waals surface area contributed by atoms with Crippen molar-refractivity contribution in [3.63, 3.8) is 0 Å². The van der Waals surface area contributed by atoms with Gasteiger partial charge < -0.3 is 9.73 Å². The summed E-state index contributed by atoms with van der Waals surface area (Å²) in [5.74, 6) is 0.495. The van der Waals surface area contributed by atoms with E-state index < -0.39 is 0 Å². The van der Waals surface area contributed by atoms with Gasteiger partial charge in [-0.15, -0.1) is 11.3 Å². The quantitative estimate of drug-likeness (QED) is 0.643. The summed E-state index contributed by atoms with van der Waals surface area (Å²) in [5.41, 5.74) is 3.37. The maximum atomic E-state index is 12.3. The van der Waals surface area contributed by atoms with E-state index in [-0.39, 0.29) is 5.91 Å². The summed E-state index contributed by atoms with van der Waals surface area (Å²) < 4.78 is 5.64.